The lowest BCUT2D eigenvalue weighted by Gasteiger charge is -2.30. The number of methoxy groups -OCH3 is 1. The molecule has 1 aromatic heterocycles. The number of ether oxygens (including phenoxy) is 2. The molecule has 1 amide bonds. The van der Waals surface area contributed by atoms with Crippen LogP contribution in [-0.2, 0) is 16.1 Å². The van der Waals surface area contributed by atoms with E-state index >= 15 is 0 Å². The largest absolute Gasteiger partial charge is 0.497 e. The molecule has 1 N–H and O–H groups in total. The summed E-state index contributed by atoms with van der Waals surface area (Å²) in [6.07, 6.45) is 0. The molecule has 35 heavy (non-hydrogen) atoms. The lowest BCUT2D eigenvalue weighted by atomic mass is 10.0. The summed E-state index contributed by atoms with van der Waals surface area (Å²) in [6.45, 7) is 2.90. The van der Waals surface area contributed by atoms with E-state index in [-0.39, 0.29) is 12.5 Å². The highest BCUT2D eigenvalue weighted by Crippen LogP contribution is 2.27. The van der Waals surface area contributed by atoms with Crippen LogP contribution in [0.1, 0.15) is 0 Å². The second-order valence-electron chi connectivity index (χ2n) is 8.11. The van der Waals surface area contributed by atoms with Crippen molar-refractivity contribution in [2.45, 2.75) is 6.54 Å². The van der Waals surface area contributed by atoms with Gasteiger partial charge in [0.1, 0.15) is 12.3 Å². The second kappa shape index (κ2) is 10.4. The molecule has 0 aliphatic carbocycles. The van der Waals surface area contributed by atoms with E-state index in [4.69, 9.17) is 9.47 Å². The molecule has 0 atom stereocenters. The minimum absolute atomic E-state index is 0.0334. The minimum atomic E-state index is -0.218. The fourth-order valence-electron chi connectivity index (χ4n) is 4.00. The van der Waals surface area contributed by atoms with Crippen LogP contribution in [0.15, 0.2) is 72.8 Å². The number of anilines is 2. The summed E-state index contributed by atoms with van der Waals surface area (Å²) in [6, 6.07) is 23.6. The topological polar surface area (TPSA) is 94.4 Å². The third kappa shape index (κ3) is 5.30. The first-order valence-electron chi connectivity index (χ1n) is 11.4. The van der Waals surface area contributed by atoms with Crippen molar-refractivity contribution < 1.29 is 14.3 Å². The zero-order valence-electron chi connectivity index (χ0n) is 19.4. The SMILES string of the molecule is COc1ccc(-c2ccc(-c3nnn(CC(=O)Nc4ccccc4N4CCOCC4)n3)cc2)cc1. The number of nitrogens with one attached hydrogen (secondary N) is 1. The molecule has 9 heteroatoms. The molecule has 1 aliphatic heterocycles. The number of hydrogen-bond donors (Lipinski definition) is 1. The lowest BCUT2D eigenvalue weighted by Crippen LogP contribution is -2.36. The molecule has 4 aromatic rings. The molecule has 0 spiro atoms. The van der Waals surface area contributed by atoms with Crippen molar-refractivity contribution in [1.82, 2.24) is 20.2 Å². The highest BCUT2D eigenvalue weighted by Gasteiger charge is 2.16. The first kappa shape index (κ1) is 22.5. The number of carbonyl (C=O) groups excluding carboxylic acids is 1. The summed E-state index contributed by atoms with van der Waals surface area (Å²) >= 11 is 0. The van der Waals surface area contributed by atoms with E-state index in [1.807, 2.05) is 72.8 Å². The van der Waals surface area contributed by atoms with Gasteiger partial charge in [-0.3, -0.25) is 4.79 Å². The van der Waals surface area contributed by atoms with Gasteiger partial charge in [-0.2, -0.15) is 4.80 Å². The molecule has 1 fully saturated rings. The van der Waals surface area contributed by atoms with E-state index in [0.29, 0.717) is 19.0 Å². The molecule has 2 heterocycles. The minimum Gasteiger partial charge on any atom is -0.497 e. The van der Waals surface area contributed by atoms with Crippen molar-refractivity contribution in [3.63, 3.8) is 0 Å². The van der Waals surface area contributed by atoms with Crippen LogP contribution in [0.4, 0.5) is 11.4 Å². The number of rotatable bonds is 7. The molecule has 9 nitrogen and oxygen atoms in total. The zero-order chi connectivity index (χ0) is 24.0. The maximum atomic E-state index is 12.7. The van der Waals surface area contributed by atoms with E-state index in [1.54, 1.807) is 7.11 Å². The van der Waals surface area contributed by atoms with E-state index in [9.17, 15) is 4.79 Å². The molecule has 0 bridgehead atoms. The molecule has 1 saturated heterocycles. The third-order valence-corrected chi connectivity index (χ3v) is 5.83. The van der Waals surface area contributed by atoms with Gasteiger partial charge in [-0.15, -0.1) is 10.2 Å². The maximum absolute atomic E-state index is 12.7. The summed E-state index contributed by atoms with van der Waals surface area (Å²) < 4.78 is 10.7. The Bertz CT molecular complexity index is 1280. The summed E-state index contributed by atoms with van der Waals surface area (Å²) in [5.74, 6) is 1.07. The van der Waals surface area contributed by atoms with Crippen LogP contribution in [0.5, 0.6) is 5.75 Å². The highest BCUT2D eigenvalue weighted by molar-refractivity contribution is 5.94. The predicted octanol–water partition coefficient (Wildman–Crippen LogP) is 3.49. The average molecular weight is 471 g/mol. The van der Waals surface area contributed by atoms with Crippen molar-refractivity contribution in [2.75, 3.05) is 43.6 Å². The molecule has 178 valence electrons. The van der Waals surface area contributed by atoms with E-state index < -0.39 is 0 Å². The standard InChI is InChI=1S/C26H26N6O3/c1-34-22-12-10-20(11-13-22)19-6-8-21(9-7-19)26-28-30-32(29-26)18-25(33)27-23-4-2-3-5-24(23)31-14-16-35-17-15-31/h2-13H,14-18H2,1H3,(H,27,33). The molecule has 3 aromatic carbocycles. The van der Waals surface area contributed by atoms with Crippen molar-refractivity contribution >= 4 is 17.3 Å². The van der Waals surface area contributed by atoms with Crippen LogP contribution in [0, 0.1) is 0 Å². The average Bonchev–Trinajstić information content (AvgIpc) is 3.38. The number of hydrogen-bond acceptors (Lipinski definition) is 7. The number of tetrazole rings is 1. The van der Waals surface area contributed by atoms with E-state index in [2.05, 4.69) is 25.6 Å². The molecule has 5 rings (SSSR count). The third-order valence-electron chi connectivity index (χ3n) is 5.83. The van der Waals surface area contributed by atoms with Crippen LogP contribution in [-0.4, -0.2) is 59.5 Å². The molecule has 0 radical (unpaired) electrons. The normalized spacial score (nSPS) is 13.5. The van der Waals surface area contributed by atoms with Gasteiger partial charge in [0.25, 0.3) is 0 Å². The maximum Gasteiger partial charge on any atom is 0.248 e. The first-order valence-corrected chi connectivity index (χ1v) is 11.4. The lowest BCUT2D eigenvalue weighted by molar-refractivity contribution is -0.117. The summed E-state index contributed by atoms with van der Waals surface area (Å²) in [5.41, 5.74) is 4.72. The Labute approximate surface area is 203 Å². The number of carbonyl (C=O) groups is 1. The number of amides is 1. The number of nitrogens with zero attached hydrogens (tertiary/aromatic N) is 5. The van der Waals surface area contributed by atoms with Gasteiger partial charge in [-0.25, -0.2) is 0 Å². The molecule has 0 saturated carbocycles. The van der Waals surface area contributed by atoms with Gasteiger partial charge in [-0.05, 0) is 40.6 Å². The van der Waals surface area contributed by atoms with Gasteiger partial charge in [0.2, 0.25) is 11.7 Å². The number of para-hydroxylation sites is 2. The van der Waals surface area contributed by atoms with Crippen molar-refractivity contribution in [1.29, 1.82) is 0 Å². The van der Waals surface area contributed by atoms with Gasteiger partial charge in [0.15, 0.2) is 0 Å². The van der Waals surface area contributed by atoms with Crippen molar-refractivity contribution in [3.05, 3.63) is 72.8 Å². The van der Waals surface area contributed by atoms with Gasteiger partial charge < -0.3 is 19.7 Å². The first-order chi connectivity index (χ1) is 17.2. The molecular weight excluding hydrogens is 444 g/mol. The van der Waals surface area contributed by atoms with Gasteiger partial charge in [-0.1, -0.05) is 48.5 Å². The number of morpholine rings is 1. The highest BCUT2D eigenvalue weighted by atomic mass is 16.5. The summed E-state index contributed by atoms with van der Waals surface area (Å²) in [5, 5.41) is 15.6. The second-order valence-corrected chi connectivity index (χ2v) is 8.11. The Balaban J connectivity index is 1.23. The number of benzene rings is 3. The van der Waals surface area contributed by atoms with Crippen LogP contribution < -0.4 is 15.0 Å². The Kier molecular flexibility index (Phi) is 6.67. The quantitative estimate of drug-likeness (QED) is 0.442. The summed E-state index contributed by atoms with van der Waals surface area (Å²) in [7, 11) is 1.65. The smallest absolute Gasteiger partial charge is 0.248 e. The molecule has 0 unspecified atom stereocenters. The van der Waals surface area contributed by atoms with Gasteiger partial charge >= 0.3 is 0 Å². The predicted molar refractivity (Wildman–Crippen MR) is 133 cm³/mol. The van der Waals surface area contributed by atoms with Gasteiger partial charge in [0, 0.05) is 18.7 Å². The Hall–Kier alpha value is -4.24. The van der Waals surface area contributed by atoms with Crippen molar-refractivity contribution in [3.8, 4) is 28.3 Å². The molecule has 1 aliphatic rings. The Morgan fingerprint density at radius 1 is 0.943 bits per heavy atom. The Morgan fingerprint density at radius 2 is 1.60 bits per heavy atom. The van der Waals surface area contributed by atoms with E-state index in [0.717, 1.165) is 46.9 Å². The fraction of sp³-hybridized carbons (Fsp3) is 0.231. The van der Waals surface area contributed by atoms with Crippen LogP contribution in [0.25, 0.3) is 22.5 Å². The monoisotopic (exact) mass is 470 g/mol. The summed E-state index contributed by atoms with van der Waals surface area (Å²) in [4.78, 5) is 16.2. The Morgan fingerprint density at radius 3 is 2.31 bits per heavy atom. The van der Waals surface area contributed by atoms with Gasteiger partial charge in [0.05, 0.1) is 31.7 Å². The van der Waals surface area contributed by atoms with E-state index in [1.165, 1.54) is 4.80 Å². The van der Waals surface area contributed by atoms with Crippen LogP contribution in [0.3, 0.4) is 0 Å². The fourth-order valence-corrected chi connectivity index (χ4v) is 4.00. The molecular formula is C26H26N6O3. The van der Waals surface area contributed by atoms with Crippen LogP contribution >= 0.6 is 0 Å². The van der Waals surface area contributed by atoms with Crippen LogP contribution in [0.2, 0.25) is 0 Å². The number of aromatic nitrogens is 4. The zero-order valence-corrected chi connectivity index (χ0v) is 19.4. The van der Waals surface area contributed by atoms with Crippen molar-refractivity contribution in [2.24, 2.45) is 0 Å².